The molecule has 0 aliphatic carbocycles. The van der Waals surface area contributed by atoms with Gasteiger partial charge in [0.25, 0.3) is 5.91 Å². The summed E-state index contributed by atoms with van der Waals surface area (Å²) in [6.45, 7) is 8.92. The maximum atomic E-state index is 13.1. The average Bonchev–Trinajstić information content (AvgIpc) is 2.97. The number of anilines is 1. The number of carbonyl (C=O) groups is 1. The summed E-state index contributed by atoms with van der Waals surface area (Å²) >= 11 is 7.92. The molecule has 0 atom stereocenters. The van der Waals surface area contributed by atoms with Crippen LogP contribution >= 0.6 is 23.4 Å². The fraction of sp³-hybridized carbons (Fsp3) is 0.433. The Balaban J connectivity index is 1.12. The van der Waals surface area contributed by atoms with E-state index in [1.807, 2.05) is 35.2 Å². The number of benzene rings is 2. The van der Waals surface area contributed by atoms with Crippen molar-refractivity contribution >= 4 is 35.1 Å². The normalized spacial score (nSPS) is 17.1. The van der Waals surface area contributed by atoms with Gasteiger partial charge in [0.05, 0.1) is 0 Å². The van der Waals surface area contributed by atoms with E-state index in [-0.39, 0.29) is 5.91 Å². The van der Waals surface area contributed by atoms with Crippen molar-refractivity contribution in [3.63, 3.8) is 0 Å². The SMILES string of the molecule is CCN1CCN(c2cc(Cl)nc(SCc3ccc(C(=O)N4CCC(Cc5ccccc5)CC4)cc3)n2)CC1. The van der Waals surface area contributed by atoms with E-state index in [1.54, 1.807) is 11.8 Å². The molecule has 2 saturated heterocycles. The number of piperidine rings is 1. The summed E-state index contributed by atoms with van der Waals surface area (Å²) in [7, 11) is 0. The number of halogens is 1. The first-order valence-corrected chi connectivity index (χ1v) is 15.0. The summed E-state index contributed by atoms with van der Waals surface area (Å²) in [5, 5.41) is 1.16. The van der Waals surface area contributed by atoms with Crippen LogP contribution < -0.4 is 4.90 Å². The minimum Gasteiger partial charge on any atom is -0.354 e. The van der Waals surface area contributed by atoms with E-state index in [4.69, 9.17) is 16.6 Å². The zero-order valence-electron chi connectivity index (χ0n) is 22.1. The van der Waals surface area contributed by atoms with Gasteiger partial charge < -0.3 is 14.7 Å². The van der Waals surface area contributed by atoms with Crippen LogP contribution in [0.4, 0.5) is 5.82 Å². The maximum absolute atomic E-state index is 13.1. The number of aromatic nitrogens is 2. The van der Waals surface area contributed by atoms with Crippen molar-refractivity contribution in [3.8, 4) is 0 Å². The molecule has 0 unspecified atom stereocenters. The Morgan fingerprint density at radius 1 is 0.921 bits per heavy atom. The van der Waals surface area contributed by atoms with E-state index in [2.05, 4.69) is 52.0 Å². The maximum Gasteiger partial charge on any atom is 0.253 e. The minimum atomic E-state index is 0.133. The van der Waals surface area contributed by atoms with Crippen molar-refractivity contribution in [1.82, 2.24) is 19.8 Å². The molecule has 1 aromatic heterocycles. The summed E-state index contributed by atoms with van der Waals surface area (Å²) in [6, 6.07) is 20.5. The van der Waals surface area contributed by atoms with E-state index in [0.717, 1.165) is 87.8 Å². The average molecular weight is 550 g/mol. The molecule has 3 heterocycles. The van der Waals surface area contributed by atoms with E-state index in [9.17, 15) is 4.79 Å². The quantitative estimate of drug-likeness (QED) is 0.205. The highest BCUT2D eigenvalue weighted by Crippen LogP contribution is 2.26. The molecule has 200 valence electrons. The van der Waals surface area contributed by atoms with Gasteiger partial charge in [-0.25, -0.2) is 9.97 Å². The number of nitrogens with zero attached hydrogens (tertiary/aromatic N) is 5. The van der Waals surface area contributed by atoms with Crippen molar-refractivity contribution in [1.29, 1.82) is 0 Å². The number of amides is 1. The van der Waals surface area contributed by atoms with Crippen LogP contribution in [-0.2, 0) is 12.2 Å². The molecule has 6 nitrogen and oxygen atoms in total. The Hall–Kier alpha value is -2.61. The first-order valence-electron chi connectivity index (χ1n) is 13.6. The number of hydrogen-bond acceptors (Lipinski definition) is 6. The second-order valence-electron chi connectivity index (χ2n) is 10.2. The summed E-state index contributed by atoms with van der Waals surface area (Å²) < 4.78 is 0. The van der Waals surface area contributed by atoms with Gasteiger partial charge >= 0.3 is 0 Å². The topological polar surface area (TPSA) is 52.6 Å². The lowest BCUT2D eigenvalue weighted by atomic mass is 9.90. The van der Waals surface area contributed by atoms with Crippen LogP contribution in [0.15, 0.2) is 65.8 Å². The number of hydrogen-bond donors (Lipinski definition) is 0. The molecule has 1 amide bonds. The number of likely N-dealkylation sites (tertiary alicyclic amines) is 1. The minimum absolute atomic E-state index is 0.133. The van der Waals surface area contributed by atoms with Gasteiger partial charge in [-0.3, -0.25) is 4.79 Å². The number of likely N-dealkylation sites (N-methyl/N-ethyl adjacent to an activating group) is 1. The largest absolute Gasteiger partial charge is 0.354 e. The zero-order chi connectivity index (χ0) is 26.3. The van der Waals surface area contributed by atoms with Crippen LogP contribution in [0.1, 0.15) is 41.3 Å². The number of rotatable bonds is 8. The van der Waals surface area contributed by atoms with Gasteiger partial charge in [0.1, 0.15) is 11.0 Å². The Bertz CT molecular complexity index is 1190. The smallest absolute Gasteiger partial charge is 0.253 e. The Morgan fingerprint density at radius 3 is 2.32 bits per heavy atom. The molecule has 38 heavy (non-hydrogen) atoms. The molecule has 5 rings (SSSR count). The van der Waals surface area contributed by atoms with Gasteiger partial charge in [0.2, 0.25) is 0 Å². The predicted octanol–water partition coefficient (Wildman–Crippen LogP) is 5.66. The molecule has 8 heteroatoms. The summed E-state index contributed by atoms with van der Waals surface area (Å²) in [4.78, 5) is 29.0. The third-order valence-electron chi connectivity index (χ3n) is 7.64. The second kappa shape index (κ2) is 13.0. The number of carbonyl (C=O) groups excluding carboxylic acids is 1. The van der Waals surface area contributed by atoms with E-state index in [0.29, 0.717) is 16.2 Å². The van der Waals surface area contributed by atoms with Crippen LogP contribution in [0.3, 0.4) is 0 Å². The number of piperazine rings is 1. The van der Waals surface area contributed by atoms with Gasteiger partial charge in [-0.05, 0) is 55.0 Å². The van der Waals surface area contributed by atoms with Gasteiger partial charge in [-0.15, -0.1) is 0 Å². The highest BCUT2D eigenvalue weighted by atomic mass is 35.5. The van der Waals surface area contributed by atoms with Crippen LogP contribution in [0, 0.1) is 5.92 Å². The number of thioether (sulfide) groups is 1. The molecule has 2 aromatic carbocycles. The van der Waals surface area contributed by atoms with Gasteiger partial charge in [0.15, 0.2) is 5.16 Å². The van der Waals surface area contributed by atoms with Gasteiger partial charge in [-0.1, -0.05) is 72.8 Å². The Morgan fingerprint density at radius 2 is 1.63 bits per heavy atom. The molecule has 0 radical (unpaired) electrons. The highest BCUT2D eigenvalue weighted by Gasteiger charge is 2.24. The lowest BCUT2D eigenvalue weighted by molar-refractivity contribution is 0.0690. The van der Waals surface area contributed by atoms with Gasteiger partial charge in [0, 0.05) is 56.7 Å². The van der Waals surface area contributed by atoms with E-state index in [1.165, 1.54) is 5.56 Å². The summed E-state index contributed by atoms with van der Waals surface area (Å²) in [5.74, 6) is 2.41. The molecular formula is C30H36ClN5OS. The lowest BCUT2D eigenvalue weighted by Crippen LogP contribution is -2.46. The lowest BCUT2D eigenvalue weighted by Gasteiger charge is -2.34. The Kier molecular flexibility index (Phi) is 9.20. The molecule has 0 spiro atoms. The van der Waals surface area contributed by atoms with Crippen LogP contribution in [-0.4, -0.2) is 71.5 Å². The van der Waals surface area contributed by atoms with Crippen LogP contribution in [0.25, 0.3) is 0 Å². The van der Waals surface area contributed by atoms with Crippen molar-refractivity contribution in [3.05, 3.63) is 82.5 Å². The van der Waals surface area contributed by atoms with Gasteiger partial charge in [-0.2, -0.15) is 0 Å². The first-order chi connectivity index (χ1) is 18.6. The van der Waals surface area contributed by atoms with Crippen molar-refractivity contribution in [2.45, 2.75) is 37.1 Å². The molecule has 2 aliphatic rings. The highest BCUT2D eigenvalue weighted by molar-refractivity contribution is 7.98. The molecule has 2 aliphatic heterocycles. The van der Waals surface area contributed by atoms with Crippen molar-refractivity contribution in [2.24, 2.45) is 5.92 Å². The molecule has 2 fully saturated rings. The standard InChI is InChI=1S/C30H36ClN5OS/c1-2-34-16-18-35(19-17-34)28-21-27(31)32-30(33-28)38-22-25-8-10-26(11-9-25)29(37)36-14-12-24(13-15-36)20-23-6-4-3-5-7-23/h3-11,21,24H,2,12-20,22H2,1H3. The molecule has 0 saturated carbocycles. The van der Waals surface area contributed by atoms with Crippen LogP contribution in [0.5, 0.6) is 0 Å². The monoisotopic (exact) mass is 549 g/mol. The zero-order valence-corrected chi connectivity index (χ0v) is 23.6. The van der Waals surface area contributed by atoms with Crippen molar-refractivity contribution in [2.75, 3.05) is 50.7 Å². The molecule has 3 aromatic rings. The van der Waals surface area contributed by atoms with Crippen LogP contribution in [0.2, 0.25) is 5.15 Å². The fourth-order valence-corrected chi connectivity index (χ4v) is 6.30. The Labute approximate surface area is 235 Å². The van der Waals surface area contributed by atoms with E-state index >= 15 is 0 Å². The molecule has 0 bridgehead atoms. The fourth-order valence-electron chi connectivity index (χ4n) is 5.27. The summed E-state index contributed by atoms with van der Waals surface area (Å²) in [6.07, 6.45) is 3.22. The second-order valence-corrected chi connectivity index (χ2v) is 11.5. The first kappa shape index (κ1) is 27.0. The third-order valence-corrected chi connectivity index (χ3v) is 8.75. The summed E-state index contributed by atoms with van der Waals surface area (Å²) in [5.41, 5.74) is 3.28. The molecular weight excluding hydrogens is 514 g/mol. The van der Waals surface area contributed by atoms with Crippen molar-refractivity contribution < 1.29 is 4.79 Å². The molecule has 0 N–H and O–H groups in total. The van der Waals surface area contributed by atoms with E-state index < -0.39 is 0 Å². The predicted molar refractivity (Wildman–Crippen MR) is 156 cm³/mol. The third kappa shape index (κ3) is 7.07.